The number of aliphatic hydroxyl groups excluding tert-OH is 1. The van der Waals surface area contributed by atoms with Gasteiger partial charge in [-0.05, 0) is 36.5 Å². The summed E-state index contributed by atoms with van der Waals surface area (Å²) in [5, 5.41) is 13.7. The first-order valence-electron chi connectivity index (χ1n) is 8.84. The molecule has 0 bridgehead atoms. The summed E-state index contributed by atoms with van der Waals surface area (Å²) in [6.45, 7) is 0.723. The van der Waals surface area contributed by atoms with Gasteiger partial charge < -0.3 is 15.2 Å². The van der Waals surface area contributed by atoms with Crippen LogP contribution in [0.15, 0.2) is 36.5 Å². The number of rotatable bonds is 5. The maximum atomic E-state index is 12.5. The van der Waals surface area contributed by atoms with Crippen LogP contribution in [0.25, 0.3) is 10.9 Å². The molecule has 2 amide bonds. The lowest BCUT2D eigenvalue weighted by Crippen LogP contribution is -2.45. The van der Waals surface area contributed by atoms with Crippen molar-refractivity contribution in [2.75, 3.05) is 19.7 Å². The molecule has 2 fully saturated rings. The largest absolute Gasteiger partial charge is 0.448 e. The van der Waals surface area contributed by atoms with Gasteiger partial charge in [0.05, 0.1) is 24.2 Å². The van der Waals surface area contributed by atoms with Crippen LogP contribution in [0, 0.1) is 5.92 Å². The molecule has 1 aliphatic heterocycles. The normalized spacial score (nSPS) is 23.4. The second-order valence-electron chi connectivity index (χ2n) is 6.93. The number of cyclic esters (lactones) is 1. The third-order valence-electron chi connectivity index (χ3n) is 5.09. The quantitative estimate of drug-likeness (QED) is 0.850. The fraction of sp³-hybridized carbons (Fsp3) is 0.421. The van der Waals surface area contributed by atoms with E-state index in [1.54, 1.807) is 6.20 Å². The molecule has 7 nitrogen and oxygen atoms in total. The Hall–Kier alpha value is -2.67. The highest BCUT2D eigenvalue weighted by molar-refractivity contribution is 5.83. The Morgan fingerprint density at radius 2 is 2.19 bits per heavy atom. The van der Waals surface area contributed by atoms with Crippen molar-refractivity contribution in [1.82, 2.24) is 15.2 Å². The number of para-hydroxylation sites is 1. The Kier molecular flexibility index (Phi) is 4.46. The second kappa shape index (κ2) is 6.92. The lowest BCUT2D eigenvalue weighted by molar-refractivity contribution is -0.123. The predicted octanol–water partition coefficient (Wildman–Crippen LogP) is 1.62. The molecule has 0 unspecified atom stereocenters. The highest BCUT2D eigenvalue weighted by atomic mass is 16.6. The molecule has 136 valence electrons. The molecule has 4 rings (SSSR count). The van der Waals surface area contributed by atoms with Gasteiger partial charge in [0, 0.05) is 11.6 Å². The third-order valence-corrected chi connectivity index (χ3v) is 5.09. The summed E-state index contributed by atoms with van der Waals surface area (Å²) in [5.41, 5.74) is 1.81. The summed E-state index contributed by atoms with van der Waals surface area (Å²) >= 11 is 0. The van der Waals surface area contributed by atoms with E-state index in [4.69, 9.17) is 4.74 Å². The lowest BCUT2D eigenvalue weighted by Gasteiger charge is -2.38. The maximum absolute atomic E-state index is 12.5. The molecule has 0 spiro atoms. The van der Waals surface area contributed by atoms with Crippen LogP contribution in [-0.2, 0) is 9.53 Å². The van der Waals surface area contributed by atoms with Crippen molar-refractivity contribution in [3.8, 4) is 0 Å². The summed E-state index contributed by atoms with van der Waals surface area (Å²) in [7, 11) is 0. The third kappa shape index (κ3) is 3.35. The minimum absolute atomic E-state index is 0.0222. The highest BCUT2D eigenvalue weighted by Crippen LogP contribution is 2.38. The molecular formula is C19H21N3O4. The fourth-order valence-electron chi connectivity index (χ4n) is 3.60. The molecule has 0 radical (unpaired) electrons. The van der Waals surface area contributed by atoms with Crippen molar-refractivity contribution in [1.29, 1.82) is 0 Å². The van der Waals surface area contributed by atoms with E-state index < -0.39 is 6.09 Å². The number of aromatic nitrogens is 1. The van der Waals surface area contributed by atoms with Crippen molar-refractivity contribution in [3.63, 3.8) is 0 Å². The smallest absolute Gasteiger partial charge is 0.410 e. The number of nitrogens with one attached hydrogen (secondary N) is 1. The first-order chi connectivity index (χ1) is 12.6. The molecule has 1 atom stereocenters. The van der Waals surface area contributed by atoms with E-state index in [9.17, 15) is 14.7 Å². The monoisotopic (exact) mass is 355 g/mol. The van der Waals surface area contributed by atoms with Crippen LogP contribution in [0.1, 0.15) is 24.4 Å². The molecule has 26 heavy (non-hydrogen) atoms. The summed E-state index contributed by atoms with van der Waals surface area (Å²) in [6, 6.07) is 9.61. The molecule has 1 saturated heterocycles. The average Bonchev–Trinajstić information content (AvgIpc) is 3.01. The molecule has 2 N–H and O–H groups in total. The summed E-state index contributed by atoms with van der Waals surface area (Å²) < 4.78 is 4.86. The van der Waals surface area contributed by atoms with Gasteiger partial charge in [0.1, 0.15) is 13.2 Å². The van der Waals surface area contributed by atoms with Crippen LogP contribution in [0.2, 0.25) is 0 Å². The minimum atomic E-state index is -0.455. The Balaban J connectivity index is 1.53. The predicted molar refractivity (Wildman–Crippen MR) is 94.3 cm³/mol. The van der Waals surface area contributed by atoms with Gasteiger partial charge in [-0.1, -0.05) is 18.2 Å². The van der Waals surface area contributed by atoms with Gasteiger partial charge in [-0.2, -0.15) is 0 Å². The number of nitrogens with zero attached hydrogens (tertiary/aromatic N) is 2. The van der Waals surface area contributed by atoms with Gasteiger partial charge in [-0.25, -0.2) is 4.79 Å². The van der Waals surface area contributed by atoms with Crippen molar-refractivity contribution in [3.05, 3.63) is 42.1 Å². The van der Waals surface area contributed by atoms with Crippen LogP contribution in [0.3, 0.4) is 0 Å². The van der Waals surface area contributed by atoms with Crippen molar-refractivity contribution in [2.45, 2.75) is 25.0 Å². The molecular weight excluding hydrogens is 334 g/mol. The Bertz CT molecular complexity index is 834. The number of fused-ring (bicyclic) bond motifs is 1. The van der Waals surface area contributed by atoms with Crippen molar-refractivity contribution in [2.24, 2.45) is 5.92 Å². The van der Waals surface area contributed by atoms with E-state index in [0.29, 0.717) is 26.0 Å². The molecule has 7 heteroatoms. The van der Waals surface area contributed by atoms with Gasteiger partial charge >= 0.3 is 6.09 Å². The number of aliphatic hydroxyl groups is 1. The van der Waals surface area contributed by atoms with Gasteiger partial charge in [-0.3, -0.25) is 14.7 Å². The van der Waals surface area contributed by atoms with Crippen LogP contribution in [-0.4, -0.2) is 52.8 Å². The molecule has 1 aromatic carbocycles. The van der Waals surface area contributed by atoms with Gasteiger partial charge in [-0.15, -0.1) is 0 Å². The zero-order valence-corrected chi connectivity index (χ0v) is 14.3. The number of pyridine rings is 1. The Labute approximate surface area is 151 Å². The Morgan fingerprint density at radius 1 is 1.38 bits per heavy atom. The minimum Gasteiger partial charge on any atom is -0.448 e. The molecule has 1 aromatic heterocycles. The summed E-state index contributed by atoms with van der Waals surface area (Å²) in [6.07, 6.45) is 2.29. The standard InChI is InChI=1S/C19H21N3O4/c23-15-8-13(9-15)18(21-17(24)11-22-5-6-26-19(22)25)14-7-12-3-1-2-4-16(12)20-10-14/h1-4,7,10,13,15,18,23H,5-6,8-9,11H2,(H,21,24)/t13?,15?,18-/m0/s1. The number of benzene rings is 1. The second-order valence-corrected chi connectivity index (χ2v) is 6.93. The van der Waals surface area contributed by atoms with E-state index in [0.717, 1.165) is 16.5 Å². The average molecular weight is 355 g/mol. The number of carbonyl (C=O) groups is 2. The summed E-state index contributed by atoms with van der Waals surface area (Å²) in [4.78, 5) is 29.9. The molecule has 2 heterocycles. The topological polar surface area (TPSA) is 91.8 Å². The molecule has 1 aliphatic carbocycles. The van der Waals surface area contributed by atoms with Crippen LogP contribution in [0.5, 0.6) is 0 Å². The number of ether oxygens (including phenoxy) is 1. The van der Waals surface area contributed by atoms with Crippen molar-refractivity contribution < 1.29 is 19.4 Å². The van der Waals surface area contributed by atoms with Gasteiger partial charge in [0.2, 0.25) is 5.91 Å². The zero-order valence-electron chi connectivity index (χ0n) is 14.3. The van der Waals surface area contributed by atoms with Crippen LogP contribution >= 0.6 is 0 Å². The van der Waals surface area contributed by atoms with Crippen LogP contribution < -0.4 is 5.32 Å². The van der Waals surface area contributed by atoms with Crippen LogP contribution in [0.4, 0.5) is 4.79 Å². The van der Waals surface area contributed by atoms with E-state index in [-0.39, 0.29) is 30.5 Å². The first kappa shape index (κ1) is 16.8. The number of carbonyl (C=O) groups excluding carboxylic acids is 2. The molecule has 2 aliphatic rings. The van der Waals surface area contributed by atoms with E-state index in [2.05, 4.69) is 10.3 Å². The zero-order chi connectivity index (χ0) is 18.1. The molecule has 2 aromatic rings. The summed E-state index contributed by atoms with van der Waals surface area (Å²) in [5.74, 6) is -0.0779. The van der Waals surface area contributed by atoms with E-state index in [1.807, 2.05) is 30.3 Å². The van der Waals surface area contributed by atoms with E-state index >= 15 is 0 Å². The molecule has 1 saturated carbocycles. The first-order valence-corrected chi connectivity index (χ1v) is 8.84. The van der Waals surface area contributed by atoms with Crippen molar-refractivity contribution >= 4 is 22.9 Å². The SMILES string of the molecule is O=C(CN1CCOC1=O)N[C@H](c1cnc2ccccc2c1)C1CC(O)C1. The number of amides is 2. The number of hydrogen-bond acceptors (Lipinski definition) is 5. The van der Waals surface area contributed by atoms with Gasteiger partial charge in [0.25, 0.3) is 0 Å². The van der Waals surface area contributed by atoms with Gasteiger partial charge in [0.15, 0.2) is 0 Å². The number of hydrogen-bond donors (Lipinski definition) is 2. The fourth-order valence-corrected chi connectivity index (χ4v) is 3.60. The Morgan fingerprint density at radius 3 is 2.92 bits per heavy atom. The lowest BCUT2D eigenvalue weighted by atomic mass is 9.75. The van der Waals surface area contributed by atoms with E-state index in [1.165, 1.54) is 4.90 Å². The highest BCUT2D eigenvalue weighted by Gasteiger charge is 2.36. The maximum Gasteiger partial charge on any atom is 0.410 e.